The van der Waals surface area contributed by atoms with E-state index in [1.54, 1.807) is 25.1 Å². The maximum Gasteiger partial charge on any atom is 0.240 e. The number of anilines is 2. The van der Waals surface area contributed by atoms with Gasteiger partial charge < -0.3 is 10.2 Å². The van der Waals surface area contributed by atoms with E-state index in [9.17, 15) is 8.42 Å². The summed E-state index contributed by atoms with van der Waals surface area (Å²) in [6.07, 6.45) is 3.62. The predicted molar refractivity (Wildman–Crippen MR) is 113 cm³/mol. The fourth-order valence-corrected chi connectivity index (χ4v) is 4.76. The number of nitrogens with one attached hydrogen (secondary N) is 2. The summed E-state index contributed by atoms with van der Waals surface area (Å²) in [6, 6.07) is 6.84. The SMILES string of the molecule is Cc1cc(N2CCCCC2)nc(NCCNS(=O)(=O)c2cccc(Cl)c2C)n1. The quantitative estimate of drug-likeness (QED) is 0.665. The smallest absolute Gasteiger partial charge is 0.240 e. The number of rotatable bonds is 7. The summed E-state index contributed by atoms with van der Waals surface area (Å²) in [7, 11) is -3.62. The number of benzene rings is 1. The third kappa shape index (κ3) is 5.12. The van der Waals surface area contributed by atoms with E-state index in [-0.39, 0.29) is 11.4 Å². The molecule has 2 N–H and O–H groups in total. The summed E-state index contributed by atoms with van der Waals surface area (Å²) in [6.45, 7) is 6.23. The molecule has 28 heavy (non-hydrogen) atoms. The van der Waals surface area contributed by atoms with Gasteiger partial charge >= 0.3 is 0 Å². The molecule has 1 aliphatic rings. The van der Waals surface area contributed by atoms with Gasteiger partial charge in [-0.05, 0) is 50.8 Å². The average Bonchev–Trinajstić information content (AvgIpc) is 2.67. The van der Waals surface area contributed by atoms with Gasteiger partial charge in [0.2, 0.25) is 16.0 Å². The van der Waals surface area contributed by atoms with E-state index in [0.717, 1.165) is 24.6 Å². The minimum Gasteiger partial charge on any atom is -0.356 e. The first-order chi connectivity index (χ1) is 13.4. The Balaban J connectivity index is 1.59. The monoisotopic (exact) mass is 423 g/mol. The molecule has 152 valence electrons. The number of piperidine rings is 1. The lowest BCUT2D eigenvalue weighted by molar-refractivity contribution is 0.573. The molecule has 9 heteroatoms. The molecule has 0 spiro atoms. The second-order valence-corrected chi connectivity index (χ2v) is 9.07. The van der Waals surface area contributed by atoms with Crippen molar-refractivity contribution in [3.63, 3.8) is 0 Å². The normalized spacial score (nSPS) is 14.9. The highest BCUT2D eigenvalue weighted by Crippen LogP contribution is 2.22. The third-order valence-electron chi connectivity index (χ3n) is 4.73. The average molecular weight is 424 g/mol. The van der Waals surface area contributed by atoms with Gasteiger partial charge in [0, 0.05) is 43.0 Å². The third-order valence-corrected chi connectivity index (χ3v) is 6.74. The Labute approximate surface area is 171 Å². The number of sulfonamides is 1. The largest absolute Gasteiger partial charge is 0.356 e. The van der Waals surface area contributed by atoms with Crippen LogP contribution in [0, 0.1) is 13.8 Å². The van der Waals surface area contributed by atoms with Crippen LogP contribution in [0.25, 0.3) is 0 Å². The van der Waals surface area contributed by atoms with Crippen molar-refractivity contribution < 1.29 is 8.42 Å². The molecule has 0 aliphatic carbocycles. The van der Waals surface area contributed by atoms with Gasteiger partial charge in [-0.25, -0.2) is 18.1 Å². The van der Waals surface area contributed by atoms with Crippen LogP contribution in [0.15, 0.2) is 29.2 Å². The van der Waals surface area contributed by atoms with Gasteiger partial charge in [0.1, 0.15) is 5.82 Å². The number of halogens is 1. The zero-order valence-electron chi connectivity index (χ0n) is 16.2. The van der Waals surface area contributed by atoms with Crippen molar-refractivity contribution in [2.45, 2.75) is 38.0 Å². The molecule has 1 fully saturated rings. The zero-order chi connectivity index (χ0) is 20.1. The highest BCUT2D eigenvalue weighted by molar-refractivity contribution is 7.89. The Morgan fingerprint density at radius 2 is 1.86 bits per heavy atom. The lowest BCUT2D eigenvalue weighted by atomic mass is 10.1. The van der Waals surface area contributed by atoms with Gasteiger partial charge in [0.15, 0.2) is 0 Å². The Hall–Kier alpha value is -1.90. The van der Waals surface area contributed by atoms with Crippen LogP contribution in [0.4, 0.5) is 11.8 Å². The molecule has 0 saturated carbocycles. The molecular weight excluding hydrogens is 398 g/mol. The van der Waals surface area contributed by atoms with Crippen LogP contribution in [0.5, 0.6) is 0 Å². The van der Waals surface area contributed by atoms with E-state index in [1.807, 2.05) is 13.0 Å². The number of nitrogens with zero attached hydrogens (tertiary/aromatic N) is 3. The van der Waals surface area contributed by atoms with Crippen molar-refractivity contribution in [2.24, 2.45) is 0 Å². The highest BCUT2D eigenvalue weighted by Gasteiger charge is 2.18. The fourth-order valence-electron chi connectivity index (χ4n) is 3.23. The summed E-state index contributed by atoms with van der Waals surface area (Å²) < 4.78 is 27.6. The molecule has 1 aromatic carbocycles. The summed E-state index contributed by atoms with van der Waals surface area (Å²) in [4.78, 5) is 11.5. The number of hydrogen-bond donors (Lipinski definition) is 2. The van der Waals surface area contributed by atoms with Crippen molar-refractivity contribution in [1.29, 1.82) is 0 Å². The van der Waals surface area contributed by atoms with Gasteiger partial charge in [-0.2, -0.15) is 4.98 Å². The van der Waals surface area contributed by atoms with E-state index in [0.29, 0.717) is 23.1 Å². The summed E-state index contributed by atoms with van der Waals surface area (Å²) in [5, 5.41) is 3.54. The second-order valence-electron chi connectivity index (χ2n) is 6.93. The van der Waals surface area contributed by atoms with Crippen molar-refractivity contribution in [3.05, 3.63) is 40.5 Å². The Bertz CT molecular complexity index is 930. The first-order valence-corrected chi connectivity index (χ1v) is 11.3. The molecule has 0 bridgehead atoms. The molecule has 2 heterocycles. The van der Waals surface area contributed by atoms with E-state index >= 15 is 0 Å². The number of aromatic nitrogens is 2. The zero-order valence-corrected chi connectivity index (χ0v) is 17.8. The van der Waals surface area contributed by atoms with Gasteiger partial charge in [-0.15, -0.1) is 0 Å². The lowest BCUT2D eigenvalue weighted by Crippen LogP contribution is -2.31. The molecule has 7 nitrogen and oxygen atoms in total. The van der Waals surface area contributed by atoms with Gasteiger partial charge in [-0.3, -0.25) is 0 Å². The van der Waals surface area contributed by atoms with E-state index < -0.39 is 10.0 Å². The topological polar surface area (TPSA) is 87.2 Å². The molecule has 3 rings (SSSR count). The van der Waals surface area contributed by atoms with E-state index in [4.69, 9.17) is 11.6 Å². The first-order valence-electron chi connectivity index (χ1n) is 9.46. The van der Waals surface area contributed by atoms with Gasteiger partial charge in [0.25, 0.3) is 0 Å². The van der Waals surface area contributed by atoms with Crippen LogP contribution >= 0.6 is 11.6 Å². The number of aryl methyl sites for hydroxylation is 1. The maximum atomic E-state index is 12.5. The Morgan fingerprint density at radius 3 is 2.61 bits per heavy atom. The maximum absolute atomic E-state index is 12.5. The Morgan fingerprint density at radius 1 is 1.11 bits per heavy atom. The van der Waals surface area contributed by atoms with Gasteiger partial charge in [-0.1, -0.05) is 17.7 Å². The highest BCUT2D eigenvalue weighted by atomic mass is 35.5. The molecular formula is C19H26ClN5O2S. The minimum absolute atomic E-state index is 0.194. The van der Waals surface area contributed by atoms with Gasteiger partial charge in [0.05, 0.1) is 4.90 Å². The van der Waals surface area contributed by atoms with Crippen LogP contribution in [0.1, 0.15) is 30.5 Å². The van der Waals surface area contributed by atoms with Crippen molar-refractivity contribution in [3.8, 4) is 0 Å². The summed E-state index contributed by atoms with van der Waals surface area (Å²) >= 11 is 6.03. The van der Waals surface area contributed by atoms with Crippen molar-refractivity contribution >= 4 is 33.4 Å². The summed E-state index contributed by atoms with van der Waals surface area (Å²) in [5.41, 5.74) is 1.42. The fraction of sp³-hybridized carbons (Fsp3) is 0.474. The van der Waals surface area contributed by atoms with E-state index in [1.165, 1.54) is 19.3 Å². The Kier molecular flexibility index (Phi) is 6.74. The molecule has 1 aliphatic heterocycles. The second kappa shape index (κ2) is 9.07. The standard InChI is InChI=1S/C19H26ClN5O2S/c1-14-13-18(25-11-4-3-5-12-25)24-19(23-14)21-9-10-22-28(26,27)17-8-6-7-16(20)15(17)2/h6-8,13,22H,3-5,9-12H2,1-2H3,(H,21,23,24). The molecule has 0 unspecified atom stereocenters. The minimum atomic E-state index is -3.62. The lowest BCUT2D eigenvalue weighted by Gasteiger charge is -2.28. The molecule has 0 amide bonds. The van der Waals surface area contributed by atoms with Crippen LogP contribution in [-0.2, 0) is 10.0 Å². The van der Waals surface area contributed by atoms with Crippen molar-refractivity contribution in [2.75, 3.05) is 36.4 Å². The molecule has 0 radical (unpaired) electrons. The molecule has 1 aromatic heterocycles. The summed E-state index contributed by atoms with van der Waals surface area (Å²) in [5.74, 6) is 1.43. The molecule has 2 aromatic rings. The van der Waals surface area contributed by atoms with E-state index in [2.05, 4.69) is 24.9 Å². The van der Waals surface area contributed by atoms with Crippen LogP contribution < -0.4 is 14.9 Å². The number of hydrogen-bond acceptors (Lipinski definition) is 6. The van der Waals surface area contributed by atoms with Crippen LogP contribution in [-0.4, -0.2) is 44.6 Å². The van der Waals surface area contributed by atoms with Crippen LogP contribution in [0.3, 0.4) is 0 Å². The molecule has 0 atom stereocenters. The first kappa shape index (κ1) is 20.8. The van der Waals surface area contributed by atoms with Crippen molar-refractivity contribution in [1.82, 2.24) is 14.7 Å². The predicted octanol–water partition coefficient (Wildman–Crippen LogP) is 3.13. The molecule has 1 saturated heterocycles. The van der Waals surface area contributed by atoms with Crippen LogP contribution in [0.2, 0.25) is 5.02 Å².